The molecule has 0 saturated carbocycles. The summed E-state index contributed by atoms with van der Waals surface area (Å²) in [5.41, 5.74) is 2.75. The lowest BCUT2D eigenvalue weighted by atomic mass is 9.94. The summed E-state index contributed by atoms with van der Waals surface area (Å²) in [5.74, 6) is -1.99. The summed E-state index contributed by atoms with van der Waals surface area (Å²) < 4.78 is 26.6. The molecule has 0 bridgehead atoms. The fraction of sp³-hybridized carbons (Fsp3) is 0.435. The van der Waals surface area contributed by atoms with E-state index in [9.17, 15) is 13.6 Å². The van der Waals surface area contributed by atoms with E-state index in [1.165, 1.54) is 23.7 Å². The Kier molecular flexibility index (Phi) is 7.67. The number of carbonyl (C=O) groups is 1. The van der Waals surface area contributed by atoms with Gasteiger partial charge in [0, 0.05) is 44.0 Å². The Morgan fingerprint density at radius 1 is 1.10 bits per heavy atom. The summed E-state index contributed by atoms with van der Waals surface area (Å²) in [6, 6.07) is 12.3. The number of para-hydroxylation sites is 1. The molecule has 0 spiro atoms. The van der Waals surface area contributed by atoms with Crippen molar-refractivity contribution >= 4 is 24.0 Å². The third kappa shape index (κ3) is 5.10. The number of benzene rings is 2. The van der Waals surface area contributed by atoms with Crippen LogP contribution < -0.4 is 10.2 Å². The fourth-order valence-electron chi connectivity index (χ4n) is 4.44. The SMILES string of the molecule is Cl.O=C(NCCCCN1CCN2c3ccccc3CCC2C1)c1ccc(F)cc1F. The standard InChI is InChI=1S/C23H27F2N3O.ClH/c24-18-8-10-20(21(25)15-18)23(29)26-11-3-4-12-27-13-14-28-19(16-27)9-7-17-5-1-2-6-22(17)28;/h1-2,5-6,8,10,15,19H,3-4,7,9,11-14,16H2,(H,26,29);1H. The first-order valence-corrected chi connectivity index (χ1v) is 10.4. The molecule has 4 rings (SSSR count). The second kappa shape index (κ2) is 10.2. The van der Waals surface area contributed by atoms with E-state index in [0.717, 1.165) is 57.6 Å². The number of unbranched alkanes of at least 4 members (excludes halogenated alkanes) is 1. The van der Waals surface area contributed by atoms with Crippen LogP contribution in [0.4, 0.5) is 14.5 Å². The Balaban J connectivity index is 0.00000256. The van der Waals surface area contributed by atoms with E-state index >= 15 is 0 Å². The monoisotopic (exact) mass is 435 g/mol. The quantitative estimate of drug-likeness (QED) is 0.696. The van der Waals surface area contributed by atoms with E-state index in [2.05, 4.69) is 39.4 Å². The number of halogens is 3. The second-order valence-electron chi connectivity index (χ2n) is 7.90. The molecule has 1 N–H and O–H groups in total. The molecule has 1 atom stereocenters. The van der Waals surface area contributed by atoms with Gasteiger partial charge in [0.05, 0.1) is 5.56 Å². The molecular weight excluding hydrogens is 408 g/mol. The second-order valence-corrected chi connectivity index (χ2v) is 7.90. The molecule has 0 aromatic heterocycles. The van der Waals surface area contributed by atoms with Crippen molar-refractivity contribution in [1.29, 1.82) is 0 Å². The van der Waals surface area contributed by atoms with Gasteiger partial charge in [-0.25, -0.2) is 8.78 Å². The van der Waals surface area contributed by atoms with Gasteiger partial charge in [0.2, 0.25) is 0 Å². The molecule has 2 aliphatic heterocycles. The zero-order valence-electron chi connectivity index (χ0n) is 16.9. The smallest absolute Gasteiger partial charge is 0.254 e. The number of fused-ring (bicyclic) bond motifs is 3. The van der Waals surface area contributed by atoms with E-state index in [0.29, 0.717) is 12.6 Å². The molecule has 7 heteroatoms. The molecule has 4 nitrogen and oxygen atoms in total. The summed E-state index contributed by atoms with van der Waals surface area (Å²) >= 11 is 0. The van der Waals surface area contributed by atoms with E-state index < -0.39 is 17.5 Å². The molecule has 2 aromatic carbocycles. The molecular formula is C23H28ClF2N3O. The summed E-state index contributed by atoms with van der Waals surface area (Å²) in [7, 11) is 0. The van der Waals surface area contributed by atoms with Crippen LogP contribution in [-0.2, 0) is 6.42 Å². The Hall–Kier alpha value is -2.18. The van der Waals surface area contributed by atoms with Crippen LogP contribution in [0.3, 0.4) is 0 Å². The Morgan fingerprint density at radius 3 is 2.77 bits per heavy atom. The van der Waals surface area contributed by atoms with E-state index in [1.807, 2.05) is 0 Å². The van der Waals surface area contributed by atoms with Crippen molar-refractivity contribution in [3.8, 4) is 0 Å². The third-order valence-electron chi connectivity index (χ3n) is 5.98. The van der Waals surface area contributed by atoms with Crippen molar-refractivity contribution in [2.24, 2.45) is 0 Å². The van der Waals surface area contributed by atoms with Crippen LogP contribution in [-0.4, -0.2) is 49.6 Å². The first-order chi connectivity index (χ1) is 14.1. The van der Waals surface area contributed by atoms with Gasteiger partial charge in [-0.3, -0.25) is 9.69 Å². The van der Waals surface area contributed by atoms with Gasteiger partial charge < -0.3 is 10.2 Å². The van der Waals surface area contributed by atoms with Crippen molar-refractivity contribution in [2.45, 2.75) is 31.7 Å². The molecule has 162 valence electrons. The van der Waals surface area contributed by atoms with Crippen LogP contribution in [0.15, 0.2) is 42.5 Å². The molecule has 2 aromatic rings. The average molecular weight is 436 g/mol. The van der Waals surface area contributed by atoms with Crippen molar-refractivity contribution in [2.75, 3.05) is 37.6 Å². The Labute approximate surface area is 182 Å². The molecule has 2 heterocycles. The number of piperazine rings is 1. The van der Waals surface area contributed by atoms with Gasteiger partial charge in [-0.05, 0) is 56.0 Å². The lowest BCUT2D eigenvalue weighted by Gasteiger charge is -2.46. The highest BCUT2D eigenvalue weighted by molar-refractivity contribution is 5.94. The summed E-state index contributed by atoms with van der Waals surface area (Å²) in [4.78, 5) is 17.1. The molecule has 2 aliphatic rings. The van der Waals surface area contributed by atoms with Gasteiger partial charge in [-0.1, -0.05) is 18.2 Å². The fourth-order valence-corrected chi connectivity index (χ4v) is 4.44. The van der Waals surface area contributed by atoms with Crippen LogP contribution in [0, 0.1) is 11.6 Å². The summed E-state index contributed by atoms with van der Waals surface area (Å²) in [6.45, 7) is 4.70. The third-order valence-corrected chi connectivity index (χ3v) is 5.98. The Morgan fingerprint density at radius 2 is 1.93 bits per heavy atom. The molecule has 1 amide bonds. The highest BCUT2D eigenvalue weighted by Crippen LogP contribution is 2.32. The van der Waals surface area contributed by atoms with Crippen LogP contribution in [0.2, 0.25) is 0 Å². The number of nitrogens with zero attached hydrogens (tertiary/aromatic N) is 2. The van der Waals surface area contributed by atoms with Gasteiger partial charge in [0.25, 0.3) is 5.91 Å². The highest BCUT2D eigenvalue weighted by atomic mass is 35.5. The molecule has 1 fully saturated rings. The molecule has 30 heavy (non-hydrogen) atoms. The first kappa shape index (κ1) is 22.5. The maximum atomic E-state index is 13.6. The minimum Gasteiger partial charge on any atom is -0.366 e. The number of nitrogens with one attached hydrogen (secondary N) is 1. The van der Waals surface area contributed by atoms with E-state index in [4.69, 9.17) is 0 Å². The van der Waals surface area contributed by atoms with Gasteiger partial charge in [-0.2, -0.15) is 0 Å². The largest absolute Gasteiger partial charge is 0.366 e. The minimum atomic E-state index is -0.825. The molecule has 0 radical (unpaired) electrons. The molecule has 1 unspecified atom stereocenters. The normalized spacial score (nSPS) is 18.2. The maximum absolute atomic E-state index is 13.6. The predicted molar refractivity (Wildman–Crippen MR) is 118 cm³/mol. The highest BCUT2D eigenvalue weighted by Gasteiger charge is 2.30. The van der Waals surface area contributed by atoms with Crippen LogP contribution >= 0.6 is 12.4 Å². The van der Waals surface area contributed by atoms with Gasteiger partial charge in [0.1, 0.15) is 11.6 Å². The number of rotatable bonds is 6. The topological polar surface area (TPSA) is 35.6 Å². The lowest BCUT2D eigenvalue weighted by Crippen LogP contribution is -2.55. The lowest BCUT2D eigenvalue weighted by molar-refractivity contribution is 0.0948. The number of anilines is 1. The zero-order valence-corrected chi connectivity index (χ0v) is 17.8. The summed E-state index contributed by atoms with van der Waals surface area (Å²) in [6.07, 6.45) is 4.17. The van der Waals surface area contributed by atoms with Crippen molar-refractivity contribution in [3.63, 3.8) is 0 Å². The van der Waals surface area contributed by atoms with Crippen molar-refractivity contribution in [3.05, 3.63) is 65.2 Å². The average Bonchev–Trinajstić information content (AvgIpc) is 2.73. The van der Waals surface area contributed by atoms with E-state index in [-0.39, 0.29) is 18.0 Å². The molecule has 0 aliphatic carbocycles. The van der Waals surface area contributed by atoms with Gasteiger partial charge >= 0.3 is 0 Å². The van der Waals surface area contributed by atoms with E-state index in [1.54, 1.807) is 0 Å². The number of amides is 1. The number of hydrogen-bond acceptors (Lipinski definition) is 3. The summed E-state index contributed by atoms with van der Waals surface area (Å²) in [5, 5.41) is 2.73. The zero-order chi connectivity index (χ0) is 20.2. The van der Waals surface area contributed by atoms with Crippen molar-refractivity contribution < 1.29 is 13.6 Å². The minimum absolute atomic E-state index is 0. The van der Waals surface area contributed by atoms with Crippen LogP contribution in [0.1, 0.15) is 35.2 Å². The predicted octanol–water partition coefficient (Wildman–Crippen LogP) is 4.03. The first-order valence-electron chi connectivity index (χ1n) is 10.4. The number of carbonyl (C=O) groups excluding carboxylic acids is 1. The van der Waals surface area contributed by atoms with Gasteiger partial charge in [0.15, 0.2) is 0 Å². The van der Waals surface area contributed by atoms with Gasteiger partial charge in [-0.15, -0.1) is 12.4 Å². The number of hydrogen-bond donors (Lipinski definition) is 1. The van der Waals surface area contributed by atoms with Crippen LogP contribution in [0.25, 0.3) is 0 Å². The van der Waals surface area contributed by atoms with Crippen LogP contribution in [0.5, 0.6) is 0 Å². The van der Waals surface area contributed by atoms with Crippen molar-refractivity contribution in [1.82, 2.24) is 10.2 Å². The maximum Gasteiger partial charge on any atom is 0.254 e. The molecule has 1 saturated heterocycles. The number of aryl methyl sites for hydroxylation is 1. The Bertz CT molecular complexity index is 879.